The summed E-state index contributed by atoms with van der Waals surface area (Å²) in [7, 11) is 0. The predicted molar refractivity (Wildman–Crippen MR) is 111 cm³/mol. The van der Waals surface area contributed by atoms with Gasteiger partial charge in [-0.15, -0.1) is 0 Å². The normalized spacial score (nSPS) is 24.0. The molecule has 0 aromatic heterocycles. The third-order valence-corrected chi connectivity index (χ3v) is 6.27. The highest BCUT2D eigenvalue weighted by Crippen LogP contribution is 2.28. The van der Waals surface area contributed by atoms with Gasteiger partial charge in [-0.3, -0.25) is 9.69 Å². The van der Waals surface area contributed by atoms with E-state index in [4.69, 9.17) is 0 Å². The van der Waals surface area contributed by atoms with E-state index >= 15 is 0 Å². The van der Waals surface area contributed by atoms with Gasteiger partial charge in [-0.2, -0.15) is 0 Å². The SMILES string of the molecule is C[C@@H]1CCC[C@@H](N2CCN(C(=O)c3ccc(-c4ccccc4)cc3)CC2)C1. The number of hydrogen-bond donors (Lipinski definition) is 0. The zero-order chi connectivity index (χ0) is 18.6. The molecule has 0 bridgehead atoms. The summed E-state index contributed by atoms with van der Waals surface area (Å²) >= 11 is 0. The summed E-state index contributed by atoms with van der Waals surface area (Å²) in [6.45, 7) is 6.12. The Morgan fingerprint density at radius 2 is 1.52 bits per heavy atom. The number of amides is 1. The van der Waals surface area contributed by atoms with Gasteiger partial charge in [0.25, 0.3) is 5.91 Å². The Morgan fingerprint density at radius 3 is 2.19 bits per heavy atom. The first-order chi connectivity index (χ1) is 13.2. The lowest BCUT2D eigenvalue weighted by Crippen LogP contribution is -2.52. The molecule has 142 valence electrons. The van der Waals surface area contributed by atoms with Crippen LogP contribution >= 0.6 is 0 Å². The minimum Gasteiger partial charge on any atom is -0.336 e. The van der Waals surface area contributed by atoms with Gasteiger partial charge in [0.15, 0.2) is 0 Å². The lowest BCUT2D eigenvalue weighted by Gasteiger charge is -2.42. The molecular weight excluding hydrogens is 332 g/mol. The van der Waals surface area contributed by atoms with Crippen molar-refractivity contribution in [3.05, 3.63) is 60.2 Å². The Kier molecular flexibility index (Phi) is 5.58. The van der Waals surface area contributed by atoms with E-state index in [1.807, 2.05) is 35.2 Å². The molecule has 0 spiro atoms. The van der Waals surface area contributed by atoms with Gasteiger partial charge in [-0.05, 0) is 42.0 Å². The van der Waals surface area contributed by atoms with E-state index in [1.165, 1.54) is 31.2 Å². The summed E-state index contributed by atoms with van der Waals surface area (Å²) in [5.41, 5.74) is 3.14. The first-order valence-electron chi connectivity index (χ1n) is 10.4. The third-order valence-electron chi connectivity index (χ3n) is 6.27. The number of carbonyl (C=O) groups is 1. The quantitative estimate of drug-likeness (QED) is 0.791. The van der Waals surface area contributed by atoms with Crippen molar-refractivity contribution in [1.29, 1.82) is 0 Å². The minimum atomic E-state index is 0.172. The molecule has 0 N–H and O–H groups in total. The van der Waals surface area contributed by atoms with Crippen molar-refractivity contribution >= 4 is 5.91 Å². The fourth-order valence-electron chi connectivity index (χ4n) is 4.64. The highest BCUT2D eigenvalue weighted by atomic mass is 16.2. The van der Waals surface area contributed by atoms with Crippen LogP contribution in [0.25, 0.3) is 11.1 Å². The van der Waals surface area contributed by atoms with E-state index in [0.717, 1.165) is 49.3 Å². The largest absolute Gasteiger partial charge is 0.336 e. The second-order valence-corrected chi connectivity index (χ2v) is 8.20. The average Bonchev–Trinajstić information content (AvgIpc) is 2.74. The van der Waals surface area contributed by atoms with Gasteiger partial charge < -0.3 is 4.90 Å². The van der Waals surface area contributed by atoms with Crippen LogP contribution < -0.4 is 0 Å². The Bertz CT molecular complexity index is 748. The maximum Gasteiger partial charge on any atom is 0.253 e. The molecule has 27 heavy (non-hydrogen) atoms. The van der Waals surface area contributed by atoms with E-state index in [2.05, 4.69) is 36.1 Å². The van der Waals surface area contributed by atoms with E-state index in [-0.39, 0.29) is 5.91 Å². The van der Waals surface area contributed by atoms with Crippen molar-refractivity contribution in [2.24, 2.45) is 5.92 Å². The van der Waals surface area contributed by atoms with Crippen molar-refractivity contribution in [3.63, 3.8) is 0 Å². The third kappa shape index (κ3) is 4.24. The van der Waals surface area contributed by atoms with Gasteiger partial charge in [-0.1, -0.05) is 62.2 Å². The van der Waals surface area contributed by atoms with Crippen LogP contribution in [0.5, 0.6) is 0 Å². The summed E-state index contributed by atoms with van der Waals surface area (Å²) in [4.78, 5) is 17.5. The first kappa shape index (κ1) is 18.2. The van der Waals surface area contributed by atoms with E-state index in [0.29, 0.717) is 0 Å². The molecule has 0 unspecified atom stereocenters. The molecule has 3 heteroatoms. The van der Waals surface area contributed by atoms with Gasteiger partial charge in [0.2, 0.25) is 0 Å². The molecular formula is C24H30N2O. The lowest BCUT2D eigenvalue weighted by atomic mass is 9.86. The molecule has 4 rings (SSSR count). The molecule has 1 aliphatic heterocycles. The topological polar surface area (TPSA) is 23.6 Å². The fraction of sp³-hybridized carbons (Fsp3) is 0.458. The van der Waals surface area contributed by atoms with Crippen molar-refractivity contribution in [3.8, 4) is 11.1 Å². The molecule has 1 saturated carbocycles. The standard InChI is InChI=1S/C24H30N2O/c1-19-6-5-9-23(18-19)25-14-16-26(17-15-25)24(27)22-12-10-21(11-13-22)20-7-3-2-4-8-20/h2-4,7-8,10-13,19,23H,5-6,9,14-18H2,1H3/t19-,23-/m1/s1. The van der Waals surface area contributed by atoms with Gasteiger partial charge in [0, 0.05) is 37.8 Å². The average molecular weight is 363 g/mol. The molecule has 2 aliphatic rings. The van der Waals surface area contributed by atoms with Gasteiger partial charge in [0.05, 0.1) is 0 Å². The maximum absolute atomic E-state index is 12.9. The molecule has 1 aliphatic carbocycles. The zero-order valence-corrected chi connectivity index (χ0v) is 16.3. The number of carbonyl (C=O) groups excluding carboxylic acids is 1. The summed E-state index contributed by atoms with van der Waals surface area (Å²) in [6.07, 6.45) is 5.40. The Hall–Kier alpha value is -2.13. The van der Waals surface area contributed by atoms with Crippen LogP contribution in [0.4, 0.5) is 0 Å². The molecule has 2 aromatic carbocycles. The predicted octanol–water partition coefficient (Wildman–Crippen LogP) is 4.69. The molecule has 1 amide bonds. The van der Waals surface area contributed by atoms with E-state index in [1.54, 1.807) is 0 Å². The number of benzene rings is 2. The number of piperazine rings is 1. The van der Waals surface area contributed by atoms with Crippen LogP contribution in [-0.2, 0) is 0 Å². The summed E-state index contributed by atoms with van der Waals surface area (Å²) in [6, 6.07) is 19.1. The molecule has 1 heterocycles. The van der Waals surface area contributed by atoms with E-state index in [9.17, 15) is 4.79 Å². The molecule has 1 saturated heterocycles. The molecule has 2 fully saturated rings. The van der Waals surface area contributed by atoms with Crippen molar-refractivity contribution < 1.29 is 4.79 Å². The lowest BCUT2D eigenvalue weighted by molar-refractivity contribution is 0.0489. The Balaban J connectivity index is 1.35. The fourth-order valence-corrected chi connectivity index (χ4v) is 4.64. The smallest absolute Gasteiger partial charge is 0.253 e. The van der Waals surface area contributed by atoms with Crippen LogP contribution in [0.2, 0.25) is 0 Å². The highest BCUT2D eigenvalue weighted by molar-refractivity contribution is 5.94. The van der Waals surface area contributed by atoms with Crippen molar-refractivity contribution in [2.45, 2.75) is 38.6 Å². The van der Waals surface area contributed by atoms with Crippen LogP contribution in [0, 0.1) is 5.92 Å². The summed E-state index contributed by atoms with van der Waals surface area (Å²) in [5.74, 6) is 1.03. The molecule has 0 radical (unpaired) electrons. The van der Waals surface area contributed by atoms with E-state index < -0.39 is 0 Å². The van der Waals surface area contributed by atoms with Gasteiger partial charge in [0.1, 0.15) is 0 Å². The van der Waals surface area contributed by atoms with Crippen molar-refractivity contribution in [2.75, 3.05) is 26.2 Å². The van der Waals surface area contributed by atoms with Crippen LogP contribution in [0.3, 0.4) is 0 Å². The molecule has 2 atom stereocenters. The summed E-state index contributed by atoms with van der Waals surface area (Å²) in [5, 5.41) is 0. The summed E-state index contributed by atoms with van der Waals surface area (Å²) < 4.78 is 0. The second-order valence-electron chi connectivity index (χ2n) is 8.20. The monoisotopic (exact) mass is 362 g/mol. The van der Waals surface area contributed by atoms with Crippen LogP contribution in [-0.4, -0.2) is 47.9 Å². The Morgan fingerprint density at radius 1 is 0.852 bits per heavy atom. The van der Waals surface area contributed by atoms with Gasteiger partial charge in [-0.25, -0.2) is 0 Å². The van der Waals surface area contributed by atoms with Crippen LogP contribution in [0.15, 0.2) is 54.6 Å². The molecule has 2 aromatic rings. The highest BCUT2D eigenvalue weighted by Gasteiger charge is 2.29. The van der Waals surface area contributed by atoms with Crippen molar-refractivity contribution in [1.82, 2.24) is 9.80 Å². The number of rotatable bonds is 3. The first-order valence-corrected chi connectivity index (χ1v) is 10.4. The second kappa shape index (κ2) is 8.26. The maximum atomic E-state index is 12.9. The number of hydrogen-bond acceptors (Lipinski definition) is 2. The number of nitrogens with zero attached hydrogens (tertiary/aromatic N) is 2. The van der Waals surface area contributed by atoms with Gasteiger partial charge >= 0.3 is 0 Å². The minimum absolute atomic E-state index is 0.172. The Labute approximate surface area is 163 Å². The zero-order valence-electron chi connectivity index (χ0n) is 16.3. The van der Waals surface area contributed by atoms with Crippen LogP contribution in [0.1, 0.15) is 43.0 Å². The molecule has 3 nitrogen and oxygen atoms in total.